The topological polar surface area (TPSA) is 117 Å². The molecule has 0 saturated carbocycles. The van der Waals surface area contributed by atoms with E-state index in [1.165, 1.54) is 13.0 Å². The van der Waals surface area contributed by atoms with E-state index in [4.69, 9.17) is 4.74 Å². The van der Waals surface area contributed by atoms with E-state index in [0.717, 1.165) is 16.6 Å². The number of nitrogens with one attached hydrogen (secondary N) is 1. The number of aryl methyl sites for hydroxylation is 1. The Hall–Kier alpha value is -4.37. The number of anilines is 3. The van der Waals surface area contributed by atoms with Gasteiger partial charge in [0.25, 0.3) is 5.56 Å². The van der Waals surface area contributed by atoms with Crippen molar-refractivity contribution in [2.24, 2.45) is 0 Å². The van der Waals surface area contributed by atoms with Crippen LogP contribution in [0.5, 0.6) is 0 Å². The van der Waals surface area contributed by atoms with Gasteiger partial charge in [0.2, 0.25) is 17.6 Å². The number of aromatic nitrogens is 4. The summed E-state index contributed by atoms with van der Waals surface area (Å²) in [6.45, 7) is 10.1. The predicted octanol–water partition coefficient (Wildman–Crippen LogP) is 4.41. The molecule has 2 aromatic heterocycles. The van der Waals surface area contributed by atoms with Crippen LogP contribution in [0.4, 0.5) is 39.7 Å². The molecular weight excluding hydrogens is 624 g/mol. The molecule has 4 heterocycles. The van der Waals surface area contributed by atoms with E-state index in [1.807, 2.05) is 11.8 Å². The number of piperidine rings is 1. The first-order valence-corrected chi connectivity index (χ1v) is 15.7. The number of carbonyl (C=O) groups excluding carboxylic acids is 2. The number of hydrogen-bond acceptors (Lipinski definition) is 8. The Balaban J connectivity index is 1.51. The zero-order valence-electron chi connectivity index (χ0n) is 27.2. The Kier molecular flexibility index (Phi) is 9.42. The van der Waals surface area contributed by atoms with Crippen LogP contribution >= 0.6 is 0 Å². The van der Waals surface area contributed by atoms with Gasteiger partial charge in [-0.25, -0.2) is 9.18 Å². The molecule has 2 aliphatic heterocycles. The highest BCUT2D eigenvalue weighted by molar-refractivity contribution is 5.91. The Bertz CT molecular complexity index is 1710. The number of amides is 2. The number of ether oxygens (including phenoxy) is 1. The fourth-order valence-corrected chi connectivity index (χ4v) is 5.91. The minimum atomic E-state index is -4.53. The van der Waals surface area contributed by atoms with Crippen LogP contribution in [-0.4, -0.2) is 87.1 Å². The highest BCUT2D eigenvalue weighted by Gasteiger charge is 2.33. The summed E-state index contributed by atoms with van der Waals surface area (Å²) in [5, 5.41) is 7.15. The number of halogens is 4. The highest BCUT2D eigenvalue weighted by atomic mass is 19.4. The van der Waals surface area contributed by atoms with Crippen molar-refractivity contribution in [3.63, 3.8) is 0 Å². The van der Waals surface area contributed by atoms with Crippen LogP contribution in [0.25, 0.3) is 5.78 Å². The summed E-state index contributed by atoms with van der Waals surface area (Å²) in [4.78, 5) is 49.9. The van der Waals surface area contributed by atoms with Crippen LogP contribution in [0.15, 0.2) is 23.0 Å². The van der Waals surface area contributed by atoms with E-state index in [2.05, 4.69) is 15.4 Å². The van der Waals surface area contributed by atoms with Gasteiger partial charge in [-0.3, -0.25) is 9.59 Å². The maximum atomic E-state index is 14.3. The maximum absolute atomic E-state index is 14.3. The quantitative estimate of drug-likeness (QED) is 0.386. The van der Waals surface area contributed by atoms with Crippen molar-refractivity contribution in [3.05, 3.63) is 45.4 Å². The fourth-order valence-electron chi connectivity index (χ4n) is 5.91. The first-order valence-electron chi connectivity index (χ1n) is 15.7. The van der Waals surface area contributed by atoms with Gasteiger partial charge in [0.15, 0.2) is 0 Å². The summed E-state index contributed by atoms with van der Waals surface area (Å²) in [6.07, 6.45) is -4.73. The average Bonchev–Trinajstić information content (AvgIpc) is 3.44. The number of benzene rings is 1. The predicted molar refractivity (Wildman–Crippen MR) is 168 cm³/mol. The van der Waals surface area contributed by atoms with Crippen LogP contribution in [-0.2, 0) is 28.7 Å². The second-order valence-electron chi connectivity index (χ2n) is 12.9. The first-order chi connectivity index (χ1) is 22.1. The largest absolute Gasteiger partial charge is 0.444 e. The van der Waals surface area contributed by atoms with Gasteiger partial charge >= 0.3 is 12.3 Å². The number of carbonyl (C=O) groups is 2. The van der Waals surface area contributed by atoms with Gasteiger partial charge in [-0.15, -0.1) is 5.10 Å². The molecule has 3 aromatic rings. The van der Waals surface area contributed by atoms with E-state index in [1.54, 1.807) is 35.1 Å². The molecule has 2 aliphatic rings. The second kappa shape index (κ2) is 13.0. The van der Waals surface area contributed by atoms with Crippen molar-refractivity contribution in [1.82, 2.24) is 24.1 Å². The lowest BCUT2D eigenvalue weighted by molar-refractivity contribution is -0.137. The highest BCUT2D eigenvalue weighted by Crippen LogP contribution is 2.32. The van der Waals surface area contributed by atoms with Crippen LogP contribution in [0.2, 0.25) is 0 Å². The molecule has 47 heavy (non-hydrogen) atoms. The monoisotopic (exact) mass is 664 g/mol. The molecule has 2 amide bonds. The molecule has 1 atom stereocenters. The van der Waals surface area contributed by atoms with Gasteiger partial charge in [0.05, 0.1) is 17.8 Å². The average molecular weight is 665 g/mol. The zero-order chi connectivity index (χ0) is 34.3. The van der Waals surface area contributed by atoms with Crippen molar-refractivity contribution >= 4 is 35.1 Å². The molecule has 1 aromatic carbocycles. The minimum Gasteiger partial charge on any atom is -0.444 e. The third-order valence-corrected chi connectivity index (χ3v) is 8.17. The fraction of sp³-hybridized carbons (Fsp3) is 0.581. The smallest absolute Gasteiger partial charge is 0.416 e. The van der Waals surface area contributed by atoms with Crippen molar-refractivity contribution in [2.45, 2.75) is 78.4 Å². The summed E-state index contributed by atoms with van der Waals surface area (Å²) >= 11 is 0. The Morgan fingerprint density at radius 1 is 1.06 bits per heavy atom. The Morgan fingerprint density at radius 2 is 1.77 bits per heavy atom. The van der Waals surface area contributed by atoms with Crippen LogP contribution < -0.4 is 20.7 Å². The molecule has 2 fully saturated rings. The number of fused-ring (bicyclic) bond motifs is 1. The molecule has 0 bridgehead atoms. The van der Waals surface area contributed by atoms with E-state index >= 15 is 0 Å². The molecule has 0 radical (unpaired) electrons. The standard InChI is InChI=1S/C31H40F4N8O4/c1-6-23-25(39-12-14-40(15-13-39)29(46)47-30(3,4)5)26(45)43-28(37-27(38-43)41-11-7-8-21(32)17-41)42(23)18-24(44)36-22-10-9-20(16-19(22)2)31(33,34)35/h9-10,16,21H,6-8,11-15,17-18H2,1-5H3,(H,36,44)/t21-/m1/s1. The van der Waals surface area contributed by atoms with Gasteiger partial charge < -0.3 is 29.3 Å². The van der Waals surface area contributed by atoms with Crippen LogP contribution in [0.3, 0.4) is 0 Å². The number of nitrogens with zero attached hydrogens (tertiary/aromatic N) is 7. The zero-order valence-corrected chi connectivity index (χ0v) is 27.2. The van der Waals surface area contributed by atoms with Crippen molar-refractivity contribution in [1.29, 1.82) is 0 Å². The summed E-state index contributed by atoms with van der Waals surface area (Å²) in [7, 11) is 0. The molecule has 5 rings (SSSR count). The maximum Gasteiger partial charge on any atom is 0.416 e. The summed E-state index contributed by atoms with van der Waals surface area (Å²) in [6, 6.07) is 3.06. The molecule has 2 saturated heterocycles. The first kappa shape index (κ1) is 34.0. The van der Waals surface area contributed by atoms with Crippen LogP contribution in [0.1, 0.15) is 57.4 Å². The lowest BCUT2D eigenvalue weighted by Crippen LogP contribution is -2.51. The molecule has 12 nitrogen and oxygen atoms in total. The van der Waals surface area contributed by atoms with E-state index < -0.39 is 41.1 Å². The number of rotatable bonds is 6. The molecule has 16 heteroatoms. The summed E-state index contributed by atoms with van der Waals surface area (Å²) in [5.41, 5.74) is -0.735. The normalized spacial score (nSPS) is 17.7. The van der Waals surface area contributed by atoms with Crippen molar-refractivity contribution in [3.8, 4) is 0 Å². The molecule has 256 valence electrons. The van der Waals surface area contributed by atoms with Gasteiger partial charge in [0.1, 0.15) is 24.0 Å². The van der Waals surface area contributed by atoms with E-state index in [-0.39, 0.29) is 49.2 Å². The second-order valence-corrected chi connectivity index (χ2v) is 12.9. The minimum absolute atomic E-state index is 0.0683. The SMILES string of the molecule is CCc1c(N2CCN(C(=O)OC(C)(C)C)CC2)c(=O)n2nc(N3CCC[C@@H](F)C3)nc2n1CC(=O)Nc1ccc(C(F)(F)F)cc1C. The van der Waals surface area contributed by atoms with Gasteiger partial charge in [-0.2, -0.15) is 22.7 Å². The molecular formula is C31H40F4N8O4. The number of alkyl halides is 4. The Labute approximate surface area is 269 Å². The lowest BCUT2D eigenvalue weighted by Gasteiger charge is -2.37. The molecule has 0 aliphatic carbocycles. The number of piperazine rings is 1. The molecule has 0 unspecified atom stereocenters. The third-order valence-electron chi connectivity index (χ3n) is 8.17. The number of hydrogen-bond donors (Lipinski definition) is 1. The van der Waals surface area contributed by atoms with Gasteiger partial charge in [0, 0.05) is 38.4 Å². The summed E-state index contributed by atoms with van der Waals surface area (Å²) < 4.78 is 62.1. The van der Waals surface area contributed by atoms with Gasteiger partial charge in [-0.05, 0) is 70.7 Å². The molecule has 1 N–H and O–H groups in total. The van der Waals surface area contributed by atoms with E-state index in [9.17, 15) is 31.9 Å². The Morgan fingerprint density at radius 3 is 2.36 bits per heavy atom. The van der Waals surface area contributed by atoms with Crippen molar-refractivity contribution < 1.29 is 31.9 Å². The summed E-state index contributed by atoms with van der Waals surface area (Å²) in [5.74, 6) is -0.315. The lowest BCUT2D eigenvalue weighted by atomic mass is 10.1. The molecule has 0 spiro atoms. The van der Waals surface area contributed by atoms with Crippen LogP contribution in [0, 0.1) is 6.92 Å². The van der Waals surface area contributed by atoms with E-state index in [0.29, 0.717) is 50.3 Å². The third kappa shape index (κ3) is 7.46. The van der Waals surface area contributed by atoms with Crippen molar-refractivity contribution in [2.75, 3.05) is 54.4 Å². The van der Waals surface area contributed by atoms with Gasteiger partial charge in [-0.1, -0.05) is 6.92 Å².